The highest BCUT2D eigenvalue weighted by atomic mass is 16.5. The molecule has 0 spiro atoms. The van der Waals surface area contributed by atoms with E-state index in [2.05, 4.69) is 5.32 Å². The van der Waals surface area contributed by atoms with E-state index in [1.54, 1.807) is 6.07 Å². The number of carbonyl (C=O) groups excluding carboxylic acids is 1. The molecule has 2 N–H and O–H groups in total. The maximum Gasteiger partial charge on any atom is 0.332 e. The molecule has 1 amide bonds. The zero-order valence-corrected chi connectivity index (χ0v) is 10.7. The summed E-state index contributed by atoms with van der Waals surface area (Å²) in [6.45, 7) is 2.23. The van der Waals surface area contributed by atoms with Crippen molar-refractivity contribution in [1.82, 2.24) is 5.32 Å². The van der Waals surface area contributed by atoms with Crippen LogP contribution in [0.15, 0.2) is 16.7 Å². The number of aliphatic carboxylic acids is 1. The molecule has 0 bridgehead atoms. The van der Waals surface area contributed by atoms with E-state index in [0.29, 0.717) is 37.1 Å². The van der Waals surface area contributed by atoms with E-state index < -0.39 is 12.1 Å². The molecule has 6 nitrogen and oxygen atoms in total. The monoisotopic (exact) mass is 267 g/mol. The molecule has 0 saturated carbocycles. The van der Waals surface area contributed by atoms with Gasteiger partial charge in [-0.2, -0.15) is 0 Å². The van der Waals surface area contributed by atoms with Gasteiger partial charge in [0, 0.05) is 13.0 Å². The normalized spacial score (nSPS) is 22.4. The van der Waals surface area contributed by atoms with Gasteiger partial charge >= 0.3 is 5.97 Å². The molecule has 1 aromatic heterocycles. The molecule has 1 saturated heterocycles. The maximum atomic E-state index is 11.9. The van der Waals surface area contributed by atoms with Gasteiger partial charge in [-0.05, 0) is 18.9 Å². The van der Waals surface area contributed by atoms with Crippen molar-refractivity contribution < 1.29 is 23.8 Å². The average molecular weight is 267 g/mol. The van der Waals surface area contributed by atoms with Crippen molar-refractivity contribution in [3.63, 3.8) is 0 Å². The molecule has 19 heavy (non-hydrogen) atoms. The van der Waals surface area contributed by atoms with Gasteiger partial charge in [0.15, 0.2) is 6.10 Å². The smallest absolute Gasteiger partial charge is 0.332 e. The summed E-state index contributed by atoms with van der Waals surface area (Å²) in [6, 6.07) is 1.63. The van der Waals surface area contributed by atoms with Crippen molar-refractivity contribution in [1.29, 1.82) is 0 Å². The number of hydrogen-bond donors (Lipinski definition) is 2. The van der Waals surface area contributed by atoms with Gasteiger partial charge < -0.3 is 19.6 Å². The van der Waals surface area contributed by atoms with E-state index >= 15 is 0 Å². The van der Waals surface area contributed by atoms with Crippen molar-refractivity contribution in [2.75, 3.05) is 6.54 Å². The van der Waals surface area contributed by atoms with Crippen molar-refractivity contribution in [2.24, 2.45) is 0 Å². The molecule has 1 aliphatic heterocycles. The minimum atomic E-state index is -0.947. The number of furan rings is 1. The third-order valence-electron chi connectivity index (χ3n) is 3.18. The fourth-order valence-corrected chi connectivity index (χ4v) is 2.16. The highest BCUT2D eigenvalue weighted by Crippen LogP contribution is 2.19. The first kappa shape index (κ1) is 13.6. The van der Waals surface area contributed by atoms with Crippen molar-refractivity contribution in [3.05, 3.63) is 23.7 Å². The Labute approximate surface area is 110 Å². The Morgan fingerprint density at radius 3 is 2.89 bits per heavy atom. The molecule has 1 fully saturated rings. The zero-order chi connectivity index (χ0) is 13.8. The van der Waals surface area contributed by atoms with Crippen molar-refractivity contribution in [2.45, 2.75) is 38.4 Å². The van der Waals surface area contributed by atoms with Crippen LogP contribution in [0.25, 0.3) is 0 Å². The summed E-state index contributed by atoms with van der Waals surface area (Å²) >= 11 is 0. The Balaban J connectivity index is 1.83. The Morgan fingerprint density at radius 2 is 2.26 bits per heavy atom. The van der Waals surface area contributed by atoms with Crippen LogP contribution in [0.2, 0.25) is 0 Å². The molecule has 1 aromatic rings. The lowest BCUT2D eigenvalue weighted by Gasteiger charge is -2.12. The average Bonchev–Trinajstić information content (AvgIpc) is 3.04. The van der Waals surface area contributed by atoms with Crippen LogP contribution in [0.5, 0.6) is 0 Å². The van der Waals surface area contributed by atoms with Gasteiger partial charge in [-0.25, -0.2) is 4.79 Å². The Kier molecular flexibility index (Phi) is 4.21. The van der Waals surface area contributed by atoms with Gasteiger partial charge in [0.25, 0.3) is 5.91 Å². The Bertz CT molecular complexity index is 467. The van der Waals surface area contributed by atoms with Crippen LogP contribution in [0.4, 0.5) is 0 Å². The molecule has 0 aliphatic carbocycles. The third kappa shape index (κ3) is 3.14. The summed E-state index contributed by atoms with van der Waals surface area (Å²) in [5, 5.41) is 11.5. The number of carboxylic acid groups (broad SMARTS) is 1. The lowest BCUT2D eigenvalue weighted by atomic mass is 10.2. The summed E-state index contributed by atoms with van der Waals surface area (Å²) < 4.78 is 10.5. The predicted molar refractivity (Wildman–Crippen MR) is 66.0 cm³/mol. The molecule has 2 unspecified atom stereocenters. The summed E-state index contributed by atoms with van der Waals surface area (Å²) in [5.74, 6) is -0.516. The second-order valence-electron chi connectivity index (χ2n) is 4.48. The lowest BCUT2D eigenvalue weighted by molar-refractivity contribution is -0.149. The molecule has 6 heteroatoms. The number of nitrogens with one attached hydrogen (secondary N) is 1. The molecule has 0 aromatic carbocycles. The third-order valence-corrected chi connectivity index (χ3v) is 3.18. The van der Waals surface area contributed by atoms with Crippen LogP contribution >= 0.6 is 0 Å². The van der Waals surface area contributed by atoms with E-state index in [1.165, 1.54) is 6.26 Å². The fourth-order valence-electron chi connectivity index (χ4n) is 2.16. The largest absolute Gasteiger partial charge is 0.479 e. The molecule has 2 atom stereocenters. The van der Waals surface area contributed by atoms with Crippen LogP contribution in [0, 0.1) is 0 Å². The van der Waals surface area contributed by atoms with Crippen LogP contribution in [0.1, 0.15) is 35.9 Å². The van der Waals surface area contributed by atoms with E-state index in [1.807, 2.05) is 6.92 Å². The number of carboxylic acids is 1. The molecular weight excluding hydrogens is 250 g/mol. The van der Waals surface area contributed by atoms with E-state index in [0.717, 1.165) is 0 Å². The van der Waals surface area contributed by atoms with Gasteiger partial charge in [0.05, 0.1) is 17.9 Å². The second-order valence-corrected chi connectivity index (χ2v) is 4.48. The molecule has 2 rings (SSSR count). The van der Waals surface area contributed by atoms with E-state index in [9.17, 15) is 9.59 Å². The van der Waals surface area contributed by atoms with E-state index in [4.69, 9.17) is 14.3 Å². The standard InChI is InChI=1S/C13H17NO5/c1-2-10-9(5-6-18-10)12(15)14-7-8-3-4-11(19-8)13(16)17/h5-6,8,11H,2-4,7H2,1H3,(H,14,15)(H,16,17). The van der Waals surface area contributed by atoms with Crippen LogP contribution in [-0.2, 0) is 16.0 Å². The Hall–Kier alpha value is -1.82. The molecule has 2 heterocycles. The summed E-state index contributed by atoms with van der Waals surface area (Å²) in [4.78, 5) is 22.6. The van der Waals surface area contributed by atoms with Gasteiger partial charge in [0.2, 0.25) is 0 Å². The number of rotatable bonds is 5. The number of amides is 1. The fraction of sp³-hybridized carbons (Fsp3) is 0.538. The first-order valence-corrected chi connectivity index (χ1v) is 6.34. The topological polar surface area (TPSA) is 88.8 Å². The minimum Gasteiger partial charge on any atom is -0.479 e. The summed E-state index contributed by atoms with van der Waals surface area (Å²) in [5.41, 5.74) is 0.523. The van der Waals surface area contributed by atoms with Crippen molar-refractivity contribution in [3.8, 4) is 0 Å². The highest BCUT2D eigenvalue weighted by molar-refractivity contribution is 5.95. The molecular formula is C13H17NO5. The van der Waals surface area contributed by atoms with Gasteiger partial charge in [0.1, 0.15) is 5.76 Å². The van der Waals surface area contributed by atoms with E-state index in [-0.39, 0.29) is 12.0 Å². The Morgan fingerprint density at radius 1 is 1.47 bits per heavy atom. The van der Waals surface area contributed by atoms with Crippen molar-refractivity contribution >= 4 is 11.9 Å². The number of hydrogen-bond acceptors (Lipinski definition) is 4. The molecule has 1 aliphatic rings. The second kappa shape index (κ2) is 5.88. The first-order chi connectivity index (χ1) is 9.11. The lowest BCUT2D eigenvalue weighted by Crippen LogP contribution is -2.33. The quantitative estimate of drug-likeness (QED) is 0.837. The number of carbonyl (C=O) groups is 2. The summed E-state index contributed by atoms with van der Waals surface area (Å²) in [6.07, 6.45) is 2.28. The first-order valence-electron chi connectivity index (χ1n) is 6.34. The van der Waals surface area contributed by atoms with Gasteiger partial charge in [-0.1, -0.05) is 6.92 Å². The number of ether oxygens (including phenoxy) is 1. The highest BCUT2D eigenvalue weighted by Gasteiger charge is 2.30. The van der Waals surface area contributed by atoms with Crippen LogP contribution in [-0.4, -0.2) is 35.7 Å². The predicted octanol–water partition coefficient (Wildman–Crippen LogP) is 1.20. The maximum absolute atomic E-state index is 11.9. The molecule has 104 valence electrons. The van der Waals surface area contributed by atoms with Crippen LogP contribution < -0.4 is 5.32 Å². The van der Waals surface area contributed by atoms with Gasteiger partial charge in [-0.3, -0.25) is 4.79 Å². The zero-order valence-electron chi connectivity index (χ0n) is 10.7. The van der Waals surface area contributed by atoms with Gasteiger partial charge in [-0.15, -0.1) is 0 Å². The number of aryl methyl sites for hydroxylation is 1. The minimum absolute atomic E-state index is 0.215. The summed E-state index contributed by atoms with van der Waals surface area (Å²) in [7, 11) is 0. The molecule has 0 radical (unpaired) electrons. The SMILES string of the molecule is CCc1occc1C(=O)NCC1CCC(C(=O)O)O1. The van der Waals surface area contributed by atoms with Crippen LogP contribution in [0.3, 0.4) is 0 Å².